The van der Waals surface area contributed by atoms with Crippen molar-refractivity contribution in [3.05, 3.63) is 63.4 Å². The third kappa shape index (κ3) is 5.87. The first-order valence-electron chi connectivity index (χ1n) is 11.9. The number of rotatable bonds is 7. The highest BCUT2D eigenvalue weighted by Gasteiger charge is 2.32. The number of hydrogen-bond donors (Lipinski definition) is 0. The smallest absolute Gasteiger partial charge is 0.417 e. The number of halogens is 4. The van der Waals surface area contributed by atoms with Gasteiger partial charge >= 0.3 is 18.0 Å². The topological polar surface area (TPSA) is 105 Å². The lowest BCUT2D eigenvalue weighted by molar-refractivity contribution is -0.389. The van der Waals surface area contributed by atoms with E-state index in [9.17, 15) is 23.3 Å². The number of anilines is 1. The molecule has 0 bridgehead atoms. The van der Waals surface area contributed by atoms with E-state index in [0.29, 0.717) is 44.6 Å². The van der Waals surface area contributed by atoms with Crippen molar-refractivity contribution in [2.75, 3.05) is 24.6 Å². The van der Waals surface area contributed by atoms with Crippen LogP contribution in [0.5, 0.6) is 17.6 Å². The van der Waals surface area contributed by atoms with Crippen molar-refractivity contribution in [2.24, 2.45) is 0 Å². The largest absolute Gasteiger partial charge is 0.490 e. The van der Waals surface area contributed by atoms with Crippen molar-refractivity contribution in [1.82, 2.24) is 14.5 Å². The van der Waals surface area contributed by atoms with Gasteiger partial charge in [0.05, 0.1) is 5.56 Å². The Labute approximate surface area is 220 Å². The molecule has 4 heterocycles. The van der Waals surface area contributed by atoms with Gasteiger partial charge in [-0.3, -0.25) is 4.57 Å². The van der Waals surface area contributed by atoms with Gasteiger partial charge in [-0.1, -0.05) is 11.6 Å². The highest BCUT2D eigenvalue weighted by molar-refractivity contribution is 6.31. The minimum Gasteiger partial charge on any atom is -0.490 e. The average molecular weight is 554 g/mol. The molecule has 10 nitrogen and oxygen atoms in total. The normalized spacial score (nSPS) is 18.0. The Balaban J connectivity index is 1.09. The minimum absolute atomic E-state index is 0.00348. The van der Waals surface area contributed by atoms with Gasteiger partial charge in [0.15, 0.2) is 0 Å². The number of nitro groups is 1. The van der Waals surface area contributed by atoms with Crippen LogP contribution in [-0.2, 0) is 12.7 Å². The number of nitrogens with zero attached hydrogens (tertiary/aromatic N) is 5. The number of alkyl halides is 3. The quantitative estimate of drug-likeness (QED) is 0.293. The molecule has 0 saturated carbocycles. The number of aromatic nitrogens is 3. The highest BCUT2D eigenvalue weighted by atomic mass is 35.5. The number of ether oxygens (including phenoxy) is 3. The minimum atomic E-state index is -4.51. The maximum absolute atomic E-state index is 12.8. The van der Waals surface area contributed by atoms with Gasteiger partial charge in [0.25, 0.3) is 0 Å². The first-order chi connectivity index (χ1) is 18.2. The number of pyridine rings is 1. The molecule has 1 unspecified atom stereocenters. The van der Waals surface area contributed by atoms with Crippen molar-refractivity contribution in [3.63, 3.8) is 0 Å². The van der Waals surface area contributed by atoms with Crippen LogP contribution in [-0.4, -0.2) is 51.4 Å². The molecule has 0 radical (unpaired) electrons. The van der Waals surface area contributed by atoms with Crippen LogP contribution in [0, 0.1) is 10.1 Å². The second-order valence-corrected chi connectivity index (χ2v) is 9.39. The standard InChI is InChI=1S/C24H23ClF3N5O5/c25-20-11-15(24(26,27)28)12-29-22(20)37-18-5-8-31(9-6-18)16-1-3-17(4-2-16)36-14-19-7-10-32-13-21(33(34)35)30-23(32)38-19/h1-4,11-13,18-19H,5-10,14H2. The number of hydrogen-bond acceptors (Lipinski definition) is 8. The lowest BCUT2D eigenvalue weighted by Crippen LogP contribution is -2.38. The van der Waals surface area contributed by atoms with E-state index in [1.165, 1.54) is 6.20 Å². The number of aryl methyl sites for hydroxylation is 1. The van der Waals surface area contributed by atoms with Gasteiger partial charge in [0.2, 0.25) is 5.88 Å². The average Bonchev–Trinajstić information content (AvgIpc) is 3.33. The van der Waals surface area contributed by atoms with Crippen LogP contribution in [0.4, 0.5) is 24.7 Å². The molecular weight excluding hydrogens is 531 g/mol. The second kappa shape index (κ2) is 10.6. The summed E-state index contributed by atoms with van der Waals surface area (Å²) in [5.74, 6) is 0.426. The molecule has 202 valence electrons. The van der Waals surface area contributed by atoms with Crippen LogP contribution in [0.25, 0.3) is 0 Å². The summed E-state index contributed by atoms with van der Waals surface area (Å²) in [4.78, 5) is 20.2. The molecule has 0 aliphatic carbocycles. The van der Waals surface area contributed by atoms with E-state index < -0.39 is 16.7 Å². The van der Waals surface area contributed by atoms with Crippen molar-refractivity contribution in [1.29, 1.82) is 0 Å². The van der Waals surface area contributed by atoms with Crippen LogP contribution < -0.4 is 19.1 Å². The van der Waals surface area contributed by atoms with E-state index in [1.54, 1.807) is 4.57 Å². The molecule has 1 aromatic carbocycles. The molecule has 2 aliphatic heterocycles. The van der Waals surface area contributed by atoms with Crippen LogP contribution >= 0.6 is 11.6 Å². The lowest BCUT2D eigenvalue weighted by Gasteiger charge is -2.33. The van der Waals surface area contributed by atoms with Crippen LogP contribution in [0.3, 0.4) is 0 Å². The van der Waals surface area contributed by atoms with E-state index in [2.05, 4.69) is 14.9 Å². The van der Waals surface area contributed by atoms with Crippen LogP contribution in [0.2, 0.25) is 5.02 Å². The SMILES string of the molecule is O=[N+]([O-])c1cn2c(n1)OC(COc1ccc(N3CCC(Oc4ncc(C(F)(F)F)cc4Cl)CC3)cc1)CC2. The van der Waals surface area contributed by atoms with Crippen molar-refractivity contribution >= 4 is 23.1 Å². The van der Waals surface area contributed by atoms with Gasteiger partial charge in [0.1, 0.15) is 35.8 Å². The summed E-state index contributed by atoms with van der Waals surface area (Å²) >= 11 is 5.96. The Bertz CT molecular complexity index is 1300. The Morgan fingerprint density at radius 3 is 2.55 bits per heavy atom. The molecule has 2 aliphatic rings. The number of imidazole rings is 1. The Kier molecular flexibility index (Phi) is 7.19. The van der Waals surface area contributed by atoms with Gasteiger partial charge in [-0.25, -0.2) is 4.98 Å². The fraction of sp³-hybridized carbons (Fsp3) is 0.417. The van der Waals surface area contributed by atoms with Crippen LogP contribution in [0.1, 0.15) is 24.8 Å². The Morgan fingerprint density at radius 1 is 1.16 bits per heavy atom. The summed E-state index contributed by atoms with van der Waals surface area (Å²) in [6, 6.07) is 8.65. The molecule has 2 aromatic heterocycles. The van der Waals surface area contributed by atoms with Crippen LogP contribution in [0.15, 0.2) is 42.7 Å². The number of piperidine rings is 1. The zero-order valence-corrected chi connectivity index (χ0v) is 20.7. The Hall–Kier alpha value is -3.74. The predicted octanol–water partition coefficient (Wildman–Crippen LogP) is 5.14. The third-order valence-corrected chi connectivity index (χ3v) is 6.64. The van der Waals surface area contributed by atoms with E-state index in [-0.39, 0.29) is 41.5 Å². The Morgan fingerprint density at radius 2 is 1.89 bits per heavy atom. The summed E-state index contributed by atoms with van der Waals surface area (Å²) in [5, 5.41) is 10.7. The molecule has 0 N–H and O–H groups in total. The summed E-state index contributed by atoms with van der Waals surface area (Å²) < 4.78 is 57.4. The summed E-state index contributed by atoms with van der Waals surface area (Å²) in [5.41, 5.74) is 0.0894. The zero-order chi connectivity index (χ0) is 26.9. The van der Waals surface area contributed by atoms with E-state index in [1.807, 2.05) is 24.3 Å². The first-order valence-corrected chi connectivity index (χ1v) is 12.3. The van der Waals surface area contributed by atoms with E-state index >= 15 is 0 Å². The third-order valence-electron chi connectivity index (χ3n) is 6.37. The zero-order valence-electron chi connectivity index (χ0n) is 19.9. The predicted molar refractivity (Wildman–Crippen MR) is 130 cm³/mol. The van der Waals surface area contributed by atoms with Crippen molar-refractivity contribution in [2.45, 2.75) is 44.2 Å². The molecular formula is C24H23ClF3N5O5. The van der Waals surface area contributed by atoms with Gasteiger partial charge in [-0.15, -0.1) is 0 Å². The molecule has 0 spiro atoms. The maximum Gasteiger partial charge on any atom is 0.417 e. The molecule has 1 atom stereocenters. The summed E-state index contributed by atoms with van der Waals surface area (Å²) in [6.45, 7) is 2.23. The maximum atomic E-state index is 12.8. The molecule has 1 saturated heterocycles. The van der Waals surface area contributed by atoms with Gasteiger partial charge in [0, 0.05) is 55.8 Å². The fourth-order valence-corrected chi connectivity index (χ4v) is 4.55. The molecule has 14 heteroatoms. The molecule has 0 amide bonds. The highest BCUT2D eigenvalue weighted by Crippen LogP contribution is 2.34. The van der Waals surface area contributed by atoms with Gasteiger partial charge in [-0.2, -0.15) is 13.2 Å². The molecule has 38 heavy (non-hydrogen) atoms. The monoisotopic (exact) mass is 553 g/mol. The summed E-state index contributed by atoms with van der Waals surface area (Å²) in [7, 11) is 0. The van der Waals surface area contributed by atoms with Gasteiger partial charge in [-0.05, 0) is 35.3 Å². The second-order valence-electron chi connectivity index (χ2n) is 8.98. The van der Waals surface area contributed by atoms with Crippen molar-refractivity contribution < 1.29 is 32.3 Å². The lowest BCUT2D eigenvalue weighted by atomic mass is 10.1. The molecule has 1 fully saturated rings. The number of fused-ring (bicyclic) bond motifs is 1. The van der Waals surface area contributed by atoms with Gasteiger partial charge < -0.3 is 29.2 Å². The molecule has 5 rings (SSSR count). The molecule has 3 aromatic rings. The number of benzene rings is 1. The first kappa shape index (κ1) is 25.9. The van der Waals surface area contributed by atoms with Crippen molar-refractivity contribution in [3.8, 4) is 17.6 Å². The fourth-order valence-electron chi connectivity index (χ4n) is 4.34. The van der Waals surface area contributed by atoms with E-state index in [0.717, 1.165) is 18.0 Å². The summed E-state index contributed by atoms with van der Waals surface area (Å²) in [6.07, 6.45) is -0.946. The van der Waals surface area contributed by atoms with E-state index in [4.69, 9.17) is 25.8 Å².